The van der Waals surface area contributed by atoms with Gasteiger partial charge in [0.25, 0.3) is 0 Å². The van der Waals surface area contributed by atoms with E-state index in [-0.39, 0.29) is 24.4 Å². The van der Waals surface area contributed by atoms with E-state index in [2.05, 4.69) is 179 Å². The summed E-state index contributed by atoms with van der Waals surface area (Å²) in [6.45, 7) is 36.0. The molecule has 0 aromatic carbocycles. The number of aliphatic hydroxyl groups is 1. The van der Waals surface area contributed by atoms with Gasteiger partial charge in [0.1, 0.15) is 58.2 Å². The minimum absolute atomic E-state index is 0.105. The van der Waals surface area contributed by atoms with E-state index in [9.17, 15) is 29.1 Å². The van der Waals surface area contributed by atoms with Crippen LogP contribution in [0.25, 0.3) is 91.5 Å². The van der Waals surface area contributed by atoms with E-state index in [1.54, 1.807) is 42.4 Å². The SMILES string of the molecule is C=c1[nH]c(=O)s/c1=C\c1cnn2c(NC3CC3)cc(N(C)C)nc12.C=c1[nH]c(=O)s/c1=C\c1cnn2c(NC3CC3)cc(N(CC)CC)nc12.C=c1[nH]c(=O)s/c1=C\c1cnn2c(NC3CC3)cc(N3CCOCC3)nc12.C=c1[nH]c(=O)s/c1=C\c1cnn2c(NC3CC3)cc(NCC(C)O)nc12.C=c1[nH]c(=O)s/c1=C\c1cnn2c(NC3CC3)cc(NCC3CCCN3CC)nc12. The van der Waals surface area contributed by atoms with Gasteiger partial charge >= 0.3 is 24.4 Å². The fourth-order valence-electron chi connectivity index (χ4n) is 15.3. The topological polar surface area (TPSA) is 442 Å². The zero-order valence-electron chi connectivity index (χ0n) is 74.7. The van der Waals surface area contributed by atoms with E-state index in [4.69, 9.17) is 24.7 Å². The Morgan fingerprint density at radius 3 is 1.09 bits per heavy atom. The Labute approximate surface area is 779 Å². The van der Waals surface area contributed by atoms with Crippen LogP contribution in [0.1, 0.15) is 133 Å². The molecule has 0 spiro atoms. The third kappa shape index (κ3) is 21.8. The fourth-order valence-corrected chi connectivity index (χ4v) is 19.0. The molecule has 38 nitrogen and oxygen atoms in total. The third-order valence-corrected chi connectivity index (χ3v) is 27.5. The smallest absolute Gasteiger partial charge is 0.305 e. The van der Waals surface area contributed by atoms with Crippen LogP contribution in [0.15, 0.2) is 85.3 Å². The number of thiazole rings is 5. The molecule has 15 aromatic heterocycles. The monoisotopic (exact) mass is 1890 g/mol. The average molecular weight is 1900 g/mol. The van der Waals surface area contributed by atoms with E-state index < -0.39 is 6.10 Å². The van der Waals surface area contributed by atoms with E-state index in [1.807, 2.05) is 79.6 Å². The van der Waals surface area contributed by atoms with Gasteiger partial charge in [-0.05, 0) is 141 Å². The predicted octanol–water partition coefficient (Wildman–Crippen LogP) is 2.90. The minimum atomic E-state index is -0.477. The highest BCUT2D eigenvalue weighted by molar-refractivity contribution is 7.08. The molecule has 133 heavy (non-hydrogen) atoms. The van der Waals surface area contributed by atoms with Crippen molar-refractivity contribution < 1.29 is 9.84 Å². The highest BCUT2D eigenvalue weighted by atomic mass is 32.1. The molecule has 13 N–H and O–H groups in total. The Bertz CT molecular complexity index is 7770. The maximum Gasteiger partial charge on any atom is 0.305 e. The van der Waals surface area contributed by atoms with Crippen molar-refractivity contribution in [3.63, 3.8) is 0 Å². The van der Waals surface area contributed by atoms with Crippen LogP contribution in [0.4, 0.5) is 58.2 Å². The average Bonchev–Trinajstić information content (AvgIpc) is 1.70. The van der Waals surface area contributed by atoms with Gasteiger partial charge in [-0.25, -0.2) is 24.9 Å². The number of aromatic nitrogens is 20. The maximum atomic E-state index is 11.6. The second-order valence-electron chi connectivity index (χ2n) is 34.0. The van der Waals surface area contributed by atoms with Crippen molar-refractivity contribution in [1.82, 2.24) is 103 Å². The number of aliphatic hydroxyl groups excluding tert-OH is 1. The molecular formula is C90H107N31O7S5. The number of hydrogen-bond donors (Lipinski definition) is 13. The van der Waals surface area contributed by atoms with Crippen molar-refractivity contribution in [3.05, 3.63) is 187 Å². The lowest BCUT2D eigenvalue weighted by Gasteiger charge is -2.28. The number of fused-ring (bicyclic) bond motifs is 5. The van der Waals surface area contributed by atoms with Gasteiger partial charge in [-0.1, -0.05) is 96.5 Å². The largest absolute Gasteiger partial charge is 0.392 e. The molecule has 5 aliphatic carbocycles. The van der Waals surface area contributed by atoms with Crippen molar-refractivity contribution in [3.8, 4) is 0 Å². The van der Waals surface area contributed by atoms with Gasteiger partial charge in [0, 0.05) is 148 Å². The number of nitrogens with zero attached hydrogens (tertiary/aromatic N) is 19. The molecule has 7 aliphatic rings. The predicted molar refractivity (Wildman–Crippen MR) is 534 cm³/mol. The van der Waals surface area contributed by atoms with Crippen LogP contribution in [0, 0.1) is 0 Å². The number of ether oxygens (including phenoxy) is 1. The molecule has 43 heteroatoms. The van der Waals surface area contributed by atoms with Gasteiger partial charge < -0.3 is 86.7 Å². The molecule has 2 atom stereocenters. The lowest BCUT2D eigenvalue weighted by molar-refractivity contribution is 0.122. The van der Waals surface area contributed by atoms with Gasteiger partial charge in [0.15, 0.2) is 28.2 Å². The number of rotatable bonds is 27. The summed E-state index contributed by atoms with van der Waals surface area (Å²) in [6, 6.07) is 13.1. The first-order valence-corrected chi connectivity index (χ1v) is 48.9. The first kappa shape index (κ1) is 90.4. The Hall–Kier alpha value is -13.2. The first-order chi connectivity index (χ1) is 64.4. The van der Waals surface area contributed by atoms with Crippen LogP contribution < -0.4 is 126 Å². The number of hydrogen-bond acceptors (Lipinski definition) is 33. The molecule has 2 aliphatic heterocycles. The van der Waals surface area contributed by atoms with Crippen molar-refractivity contribution in [2.24, 2.45) is 0 Å². The van der Waals surface area contributed by atoms with Crippen molar-refractivity contribution >= 4 is 206 Å². The molecular weight excluding hydrogens is 1790 g/mol. The second-order valence-corrected chi connectivity index (χ2v) is 39.1. The molecule has 7 fully saturated rings. The number of nitrogens with one attached hydrogen (secondary N) is 12. The Balaban J connectivity index is 0.000000111. The van der Waals surface area contributed by atoms with Crippen molar-refractivity contribution in [1.29, 1.82) is 0 Å². The van der Waals surface area contributed by atoms with Crippen molar-refractivity contribution in [2.45, 2.75) is 147 Å². The summed E-state index contributed by atoms with van der Waals surface area (Å²) in [5.74, 6) is 8.84. The van der Waals surface area contributed by atoms with Crippen LogP contribution in [0.5, 0.6) is 0 Å². The highest BCUT2D eigenvalue weighted by Crippen LogP contribution is 2.34. The zero-order valence-corrected chi connectivity index (χ0v) is 78.8. The number of H-pyrrole nitrogens is 5. The highest BCUT2D eigenvalue weighted by Gasteiger charge is 2.30. The molecule has 0 amide bonds. The fraction of sp³-hybridized carbons (Fsp3) is 0.389. The van der Waals surface area contributed by atoms with Crippen LogP contribution >= 0.6 is 56.7 Å². The Morgan fingerprint density at radius 2 is 0.767 bits per heavy atom. The standard InChI is InChI=1S/C21H27N7OS.C18H20N6O2S.C18H22N6OS.C17H20N6O2S.C16H18N6OS/c1-3-27-8-4-5-16(27)12-22-18-10-19(25-15-6-7-15)28-20(26-18)14(11-23-28)9-17-13(2)24-21(29)30-17;1-11-14(27-18(25)20-11)8-12-10-19-24-16(21-13-2-3-13)9-15(22-17(12)24)23-4-6-26-7-5-23;1-4-23(5-2)15-9-16(21-13-6-7-13)24-17(22-15)12(10-19-24)8-14-11(3)20-18(25)26-14;1-9(24)7-18-14-6-15(21-12-3-4-12)23-16(22-14)11(8-19-23)5-13-10(2)20-17(25)26-13;1-9-12(24-16(23)18-9)6-10-8-17-22-14(19-11-4-5-11)7-13(21(2)3)20-15(10)22/h9-11,15-16,25H,2-8,12H2,1H3,(H,22,26)(H,24,29);8-10,13,21H,1-7H2,(H,20,25);8-10,13,21H,3-7H2,1-2H3,(H,20,25);5-6,8-9,12,21,24H,2-4,7H2,1H3,(H,18,22)(H,20,25);6-8,11,19H,1,4-5H2,2-3H3,(H,18,23)/b17-9-;2*14-8-;13-5-;12-6-. The molecule has 2 saturated heterocycles. The summed E-state index contributed by atoms with van der Waals surface area (Å²) >= 11 is 5.68. The van der Waals surface area contributed by atoms with E-state index in [0.717, 1.165) is 234 Å². The van der Waals surface area contributed by atoms with Gasteiger partial charge in [-0.3, -0.25) is 28.9 Å². The van der Waals surface area contributed by atoms with Crippen LogP contribution in [0.3, 0.4) is 0 Å². The first-order valence-electron chi connectivity index (χ1n) is 44.8. The quantitative estimate of drug-likeness (QED) is 0.0352. The maximum absolute atomic E-state index is 11.6. The summed E-state index contributed by atoms with van der Waals surface area (Å²) in [6.07, 6.45) is 32.2. The van der Waals surface area contributed by atoms with E-state index >= 15 is 0 Å². The Kier molecular flexibility index (Phi) is 26.7. The molecule has 694 valence electrons. The summed E-state index contributed by atoms with van der Waals surface area (Å²) in [4.78, 5) is 104. The van der Waals surface area contributed by atoms with E-state index in [0.29, 0.717) is 94.2 Å². The summed E-state index contributed by atoms with van der Waals surface area (Å²) < 4.78 is 18.5. The minimum Gasteiger partial charge on any atom is -0.392 e. The molecule has 17 heterocycles. The molecule has 0 radical (unpaired) electrons. The second kappa shape index (κ2) is 39.3. The number of anilines is 10. The summed E-state index contributed by atoms with van der Waals surface area (Å²) in [5.41, 5.74) is 7.99. The third-order valence-electron chi connectivity index (χ3n) is 23.2. The molecule has 2 unspecified atom stereocenters. The lowest BCUT2D eigenvalue weighted by Crippen LogP contribution is -2.37. The number of aromatic amines is 5. The number of morpholine rings is 1. The van der Waals surface area contributed by atoms with Crippen LogP contribution in [-0.2, 0) is 4.74 Å². The van der Waals surface area contributed by atoms with Crippen LogP contribution in [-0.4, -0.2) is 230 Å². The molecule has 15 aromatic rings. The van der Waals surface area contributed by atoms with E-state index in [1.165, 1.54) is 70.8 Å². The summed E-state index contributed by atoms with van der Waals surface area (Å²) in [7, 11) is 3.93. The van der Waals surface area contributed by atoms with Gasteiger partial charge in [0.2, 0.25) is 0 Å². The number of likely N-dealkylation sites (tertiary alicyclic amines) is 1. The van der Waals surface area contributed by atoms with Gasteiger partial charge in [-0.15, -0.1) is 0 Å². The van der Waals surface area contributed by atoms with Crippen LogP contribution in [0.2, 0.25) is 0 Å². The number of likely N-dealkylation sites (N-methyl/N-ethyl adjacent to an activating group) is 1. The van der Waals surface area contributed by atoms with Gasteiger partial charge in [0.05, 0.1) is 99.7 Å². The summed E-state index contributed by atoms with van der Waals surface area (Å²) in [5, 5.41) is 59.4. The lowest BCUT2D eigenvalue weighted by atomic mass is 10.2. The normalized spacial score (nSPS) is 17.1. The van der Waals surface area contributed by atoms with Gasteiger partial charge in [-0.2, -0.15) is 48.1 Å². The zero-order chi connectivity index (χ0) is 92.4. The van der Waals surface area contributed by atoms with Crippen molar-refractivity contribution in [2.75, 3.05) is 132 Å². The molecule has 5 saturated carbocycles. The Morgan fingerprint density at radius 1 is 0.444 bits per heavy atom. The molecule has 0 bridgehead atoms. The molecule has 22 rings (SSSR count).